The molecule has 2 aromatic carbocycles. The summed E-state index contributed by atoms with van der Waals surface area (Å²) < 4.78 is 10.8. The lowest BCUT2D eigenvalue weighted by Crippen LogP contribution is -2.51. The van der Waals surface area contributed by atoms with Crippen molar-refractivity contribution in [2.24, 2.45) is 0 Å². The van der Waals surface area contributed by atoms with E-state index >= 15 is 0 Å². The Kier molecular flexibility index (Phi) is 7.65. The predicted molar refractivity (Wildman–Crippen MR) is 126 cm³/mol. The third-order valence-electron chi connectivity index (χ3n) is 5.57. The highest BCUT2D eigenvalue weighted by molar-refractivity contribution is 6.32. The maximum atomic E-state index is 12.6. The Morgan fingerprint density at radius 2 is 1.76 bits per heavy atom. The van der Waals surface area contributed by atoms with Gasteiger partial charge in [0, 0.05) is 39.3 Å². The molecular weight excluding hydrogens is 442 g/mol. The molecule has 0 atom stereocenters. The number of nitrogens with zero attached hydrogens (tertiary/aromatic N) is 2. The van der Waals surface area contributed by atoms with Crippen LogP contribution in [-0.4, -0.2) is 67.5 Å². The Hall–Kier alpha value is -3.29. The van der Waals surface area contributed by atoms with Gasteiger partial charge in [0.25, 0.3) is 11.8 Å². The summed E-state index contributed by atoms with van der Waals surface area (Å²) in [6.45, 7) is 3.92. The fourth-order valence-corrected chi connectivity index (χ4v) is 3.94. The smallest absolute Gasteiger partial charge is 0.287 e. The Labute approximate surface area is 197 Å². The van der Waals surface area contributed by atoms with Crippen molar-refractivity contribution in [2.45, 2.75) is 0 Å². The van der Waals surface area contributed by atoms with Crippen LogP contribution in [0.3, 0.4) is 0 Å². The number of benzene rings is 2. The minimum Gasteiger partial charge on any atom is -0.482 e. The van der Waals surface area contributed by atoms with E-state index < -0.39 is 0 Å². The van der Waals surface area contributed by atoms with Gasteiger partial charge in [-0.1, -0.05) is 48.0 Å². The highest BCUT2D eigenvalue weighted by atomic mass is 35.5. The zero-order chi connectivity index (χ0) is 23.0. The lowest BCUT2D eigenvalue weighted by Gasteiger charge is -2.34. The van der Waals surface area contributed by atoms with Gasteiger partial charge < -0.3 is 19.4 Å². The standard InChI is InChI=1S/C25H26ClN3O4/c26-21-17-20(19-5-2-1-3-6-19)8-9-22(21)33-18-24(30)29-14-12-28(13-15-29)11-10-27-25(31)23-7-4-16-32-23/h1-9,16-17H,10-15,18H2,(H,27,31). The fraction of sp³-hybridized carbons (Fsp3) is 0.280. The van der Waals surface area contributed by atoms with Crippen LogP contribution in [0.5, 0.6) is 5.75 Å². The first-order chi connectivity index (χ1) is 16.1. The van der Waals surface area contributed by atoms with Gasteiger partial charge in [0.05, 0.1) is 11.3 Å². The van der Waals surface area contributed by atoms with Crippen LogP contribution in [0.25, 0.3) is 11.1 Å². The van der Waals surface area contributed by atoms with Gasteiger partial charge in [0.15, 0.2) is 12.4 Å². The Balaban J connectivity index is 1.18. The molecule has 0 unspecified atom stereocenters. The highest BCUT2D eigenvalue weighted by Crippen LogP contribution is 2.30. The average molecular weight is 468 g/mol. The molecule has 0 aliphatic carbocycles. The number of hydrogen-bond donors (Lipinski definition) is 1. The van der Waals surface area contributed by atoms with E-state index in [0.29, 0.717) is 42.7 Å². The minimum atomic E-state index is -0.221. The van der Waals surface area contributed by atoms with Crippen LogP contribution in [0.1, 0.15) is 10.6 Å². The van der Waals surface area contributed by atoms with Crippen molar-refractivity contribution in [1.82, 2.24) is 15.1 Å². The fourth-order valence-electron chi connectivity index (χ4n) is 3.70. The molecule has 1 N–H and O–H groups in total. The summed E-state index contributed by atoms with van der Waals surface area (Å²) in [7, 11) is 0. The van der Waals surface area contributed by atoms with Gasteiger partial charge >= 0.3 is 0 Å². The number of ether oxygens (including phenoxy) is 1. The van der Waals surface area contributed by atoms with Crippen LogP contribution in [0.4, 0.5) is 0 Å². The number of rotatable bonds is 8. The van der Waals surface area contributed by atoms with E-state index in [-0.39, 0.29) is 18.4 Å². The molecular formula is C25H26ClN3O4. The Morgan fingerprint density at radius 1 is 0.970 bits per heavy atom. The molecule has 0 radical (unpaired) electrons. The molecule has 2 amide bonds. The van der Waals surface area contributed by atoms with Gasteiger partial charge in [0.2, 0.25) is 0 Å². The second-order valence-electron chi connectivity index (χ2n) is 7.76. The topological polar surface area (TPSA) is 75.0 Å². The maximum absolute atomic E-state index is 12.6. The first-order valence-electron chi connectivity index (χ1n) is 10.9. The zero-order valence-corrected chi connectivity index (χ0v) is 19.0. The zero-order valence-electron chi connectivity index (χ0n) is 18.2. The molecule has 0 spiro atoms. The van der Waals surface area contributed by atoms with Crippen molar-refractivity contribution in [3.8, 4) is 16.9 Å². The van der Waals surface area contributed by atoms with E-state index in [2.05, 4.69) is 10.2 Å². The van der Waals surface area contributed by atoms with Crippen LogP contribution < -0.4 is 10.1 Å². The molecule has 8 heteroatoms. The van der Waals surface area contributed by atoms with Crippen molar-refractivity contribution in [3.05, 3.63) is 77.7 Å². The number of halogens is 1. The van der Waals surface area contributed by atoms with Gasteiger partial charge in [0.1, 0.15) is 5.75 Å². The van der Waals surface area contributed by atoms with Gasteiger partial charge in [-0.15, -0.1) is 0 Å². The van der Waals surface area contributed by atoms with Crippen LogP contribution in [0, 0.1) is 0 Å². The number of hydrogen-bond acceptors (Lipinski definition) is 5. The normalized spacial score (nSPS) is 14.2. The van der Waals surface area contributed by atoms with E-state index in [1.54, 1.807) is 23.1 Å². The molecule has 0 saturated carbocycles. The number of carbonyl (C=O) groups excluding carboxylic acids is 2. The van der Waals surface area contributed by atoms with Gasteiger partial charge in [-0.3, -0.25) is 14.5 Å². The average Bonchev–Trinajstić information content (AvgIpc) is 3.39. The van der Waals surface area contributed by atoms with E-state index in [0.717, 1.165) is 24.2 Å². The summed E-state index contributed by atoms with van der Waals surface area (Å²) in [4.78, 5) is 28.5. The SMILES string of the molecule is O=C(NCCN1CCN(C(=O)COc2ccc(-c3ccccc3)cc2Cl)CC1)c1ccco1. The molecule has 172 valence electrons. The molecule has 1 aromatic heterocycles. The third-order valence-corrected chi connectivity index (χ3v) is 5.87. The number of carbonyl (C=O) groups is 2. The second-order valence-corrected chi connectivity index (χ2v) is 8.16. The lowest BCUT2D eigenvalue weighted by atomic mass is 10.1. The number of furan rings is 1. The monoisotopic (exact) mass is 467 g/mol. The van der Waals surface area contributed by atoms with E-state index in [9.17, 15) is 9.59 Å². The van der Waals surface area contributed by atoms with Crippen LogP contribution >= 0.6 is 11.6 Å². The first-order valence-corrected chi connectivity index (χ1v) is 11.3. The van der Waals surface area contributed by atoms with E-state index in [1.165, 1.54) is 6.26 Å². The van der Waals surface area contributed by atoms with Gasteiger partial charge in [-0.05, 0) is 35.4 Å². The molecule has 1 saturated heterocycles. The molecule has 7 nitrogen and oxygen atoms in total. The summed E-state index contributed by atoms with van der Waals surface area (Å²) in [6, 6.07) is 18.8. The largest absolute Gasteiger partial charge is 0.482 e. The molecule has 1 fully saturated rings. The van der Waals surface area contributed by atoms with Gasteiger partial charge in [-0.25, -0.2) is 0 Å². The molecule has 33 heavy (non-hydrogen) atoms. The summed E-state index contributed by atoms with van der Waals surface area (Å²) in [5.41, 5.74) is 2.07. The number of nitrogens with one attached hydrogen (secondary N) is 1. The summed E-state index contributed by atoms with van der Waals surface area (Å²) in [5.74, 6) is 0.515. The lowest BCUT2D eigenvalue weighted by molar-refractivity contribution is -0.135. The molecule has 4 rings (SSSR count). The minimum absolute atomic E-state index is 0.0520. The molecule has 1 aliphatic heterocycles. The van der Waals surface area contributed by atoms with E-state index in [4.69, 9.17) is 20.8 Å². The third kappa shape index (κ3) is 6.15. The Morgan fingerprint density at radius 3 is 2.45 bits per heavy atom. The van der Waals surface area contributed by atoms with Crippen LogP contribution in [0.15, 0.2) is 71.3 Å². The highest BCUT2D eigenvalue weighted by Gasteiger charge is 2.21. The quantitative estimate of drug-likeness (QED) is 0.548. The maximum Gasteiger partial charge on any atom is 0.287 e. The molecule has 2 heterocycles. The molecule has 3 aromatic rings. The van der Waals surface area contributed by atoms with Crippen molar-refractivity contribution >= 4 is 23.4 Å². The predicted octanol–water partition coefficient (Wildman–Crippen LogP) is 3.55. The molecule has 1 aliphatic rings. The summed E-state index contributed by atoms with van der Waals surface area (Å²) in [6.07, 6.45) is 1.47. The first kappa shape index (κ1) is 22.9. The van der Waals surface area contributed by atoms with Crippen molar-refractivity contribution in [1.29, 1.82) is 0 Å². The van der Waals surface area contributed by atoms with Crippen molar-refractivity contribution in [3.63, 3.8) is 0 Å². The summed E-state index contributed by atoms with van der Waals surface area (Å²) >= 11 is 6.38. The van der Waals surface area contributed by atoms with Crippen LogP contribution in [0.2, 0.25) is 5.02 Å². The number of amides is 2. The van der Waals surface area contributed by atoms with E-state index in [1.807, 2.05) is 42.5 Å². The Bertz CT molecular complexity index is 1060. The van der Waals surface area contributed by atoms with Crippen LogP contribution in [-0.2, 0) is 4.79 Å². The number of piperazine rings is 1. The van der Waals surface area contributed by atoms with Crippen molar-refractivity contribution in [2.75, 3.05) is 45.9 Å². The summed E-state index contributed by atoms with van der Waals surface area (Å²) in [5, 5.41) is 3.31. The molecule has 0 bridgehead atoms. The van der Waals surface area contributed by atoms with Crippen molar-refractivity contribution < 1.29 is 18.7 Å². The second kappa shape index (κ2) is 11.0. The van der Waals surface area contributed by atoms with Gasteiger partial charge in [-0.2, -0.15) is 0 Å².